The van der Waals surface area contributed by atoms with Crippen LogP contribution in [0.25, 0.3) is 0 Å². The second kappa shape index (κ2) is 8.17. The van der Waals surface area contributed by atoms with E-state index in [1.807, 2.05) is 23.1 Å². The molecular weight excluding hydrogens is 310 g/mol. The molecule has 2 N–H and O–H groups in total. The minimum atomic E-state index is 0.100. The number of hydrogen-bond donors (Lipinski definition) is 1. The van der Waals surface area contributed by atoms with Gasteiger partial charge in [0.05, 0.1) is 0 Å². The van der Waals surface area contributed by atoms with Crippen LogP contribution in [-0.2, 0) is 6.54 Å². The number of rotatable bonds is 5. The summed E-state index contributed by atoms with van der Waals surface area (Å²) in [6.07, 6.45) is 2.13. The van der Waals surface area contributed by atoms with Gasteiger partial charge in [0, 0.05) is 37.4 Å². The molecule has 4 nitrogen and oxygen atoms in total. The second-order valence-corrected chi connectivity index (χ2v) is 7.04. The van der Waals surface area contributed by atoms with E-state index in [0.29, 0.717) is 17.2 Å². The lowest BCUT2D eigenvalue weighted by Gasteiger charge is -2.34. The molecule has 0 aromatic heterocycles. The van der Waals surface area contributed by atoms with Crippen molar-refractivity contribution in [2.75, 3.05) is 32.4 Å². The molecule has 2 aromatic carbocycles. The topological polar surface area (TPSA) is 49.6 Å². The number of amides is 1. The third kappa shape index (κ3) is 4.83. The Morgan fingerprint density at radius 3 is 2.52 bits per heavy atom. The molecule has 3 rings (SSSR count). The van der Waals surface area contributed by atoms with Crippen molar-refractivity contribution in [3.8, 4) is 0 Å². The van der Waals surface area contributed by atoms with Crippen LogP contribution in [0.1, 0.15) is 28.8 Å². The van der Waals surface area contributed by atoms with E-state index in [4.69, 9.17) is 5.73 Å². The van der Waals surface area contributed by atoms with E-state index in [-0.39, 0.29) is 5.91 Å². The van der Waals surface area contributed by atoms with Gasteiger partial charge in [-0.15, -0.1) is 0 Å². The Kier molecular flexibility index (Phi) is 5.71. The van der Waals surface area contributed by atoms with Gasteiger partial charge in [0.15, 0.2) is 0 Å². The van der Waals surface area contributed by atoms with E-state index < -0.39 is 0 Å². The molecule has 2 aromatic rings. The van der Waals surface area contributed by atoms with E-state index >= 15 is 0 Å². The lowest BCUT2D eigenvalue weighted by atomic mass is 9.95. The zero-order valence-electron chi connectivity index (χ0n) is 14.9. The number of anilines is 1. The van der Waals surface area contributed by atoms with Crippen LogP contribution in [0, 0.1) is 5.92 Å². The van der Waals surface area contributed by atoms with Gasteiger partial charge >= 0.3 is 0 Å². The summed E-state index contributed by atoms with van der Waals surface area (Å²) in [7, 11) is 2.18. The predicted molar refractivity (Wildman–Crippen MR) is 102 cm³/mol. The summed E-state index contributed by atoms with van der Waals surface area (Å²) in [5.74, 6) is 0.752. The SMILES string of the molecule is CN(Cc1ccccc1)CC1CCN(C(=O)c2cccc(N)c2)CC1. The largest absolute Gasteiger partial charge is 0.399 e. The lowest BCUT2D eigenvalue weighted by Crippen LogP contribution is -2.41. The normalized spacial score (nSPS) is 15.5. The Hall–Kier alpha value is -2.33. The van der Waals surface area contributed by atoms with Gasteiger partial charge in [-0.3, -0.25) is 4.79 Å². The Morgan fingerprint density at radius 1 is 1.12 bits per heavy atom. The van der Waals surface area contributed by atoms with Crippen LogP contribution in [0.5, 0.6) is 0 Å². The average Bonchev–Trinajstić information content (AvgIpc) is 2.62. The number of hydrogen-bond acceptors (Lipinski definition) is 3. The van der Waals surface area contributed by atoms with Crippen LogP contribution in [0.15, 0.2) is 54.6 Å². The van der Waals surface area contributed by atoms with E-state index in [9.17, 15) is 4.79 Å². The van der Waals surface area contributed by atoms with Crippen molar-refractivity contribution < 1.29 is 4.79 Å². The van der Waals surface area contributed by atoms with Crippen LogP contribution in [0.3, 0.4) is 0 Å². The lowest BCUT2D eigenvalue weighted by molar-refractivity contribution is 0.0672. The van der Waals surface area contributed by atoms with E-state index in [1.54, 1.807) is 6.07 Å². The van der Waals surface area contributed by atoms with E-state index in [1.165, 1.54) is 5.56 Å². The quantitative estimate of drug-likeness (QED) is 0.852. The van der Waals surface area contributed by atoms with Crippen LogP contribution in [0.2, 0.25) is 0 Å². The molecule has 0 unspecified atom stereocenters. The molecule has 25 heavy (non-hydrogen) atoms. The van der Waals surface area contributed by atoms with Crippen molar-refractivity contribution in [1.82, 2.24) is 9.80 Å². The maximum Gasteiger partial charge on any atom is 0.253 e. The summed E-state index contributed by atoms with van der Waals surface area (Å²) in [6, 6.07) is 17.8. The number of likely N-dealkylation sites (tertiary alicyclic amines) is 1. The number of nitrogens with zero attached hydrogens (tertiary/aromatic N) is 2. The molecule has 4 heteroatoms. The van der Waals surface area contributed by atoms with Gasteiger partial charge in [0.2, 0.25) is 0 Å². The number of carbonyl (C=O) groups is 1. The highest BCUT2D eigenvalue weighted by Gasteiger charge is 2.24. The maximum absolute atomic E-state index is 12.6. The fraction of sp³-hybridized carbons (Fsp3) is 0.381. The molecule has 1 aliphatic rings. The van der Waals surface area contributed by atoms with Crippen LogP contribution >= 0.6 is 0 Å². The van der Waals surface area contributed by atoms with Crippen molar-refractivity contribution in [2.24, 2.45) is 5.92 Å². The molecule has 0 radical (unpaired) electrons. The Morgan fingerprint density at radius 2 is 1.84 bits per heavy atom. The zero-order valence-corrected chi connectivity index (χ0v) is 14.9. The van der Waals surface area contributed by atoms with Crippen molar-refractivity contribution in [1.29, 1.82) is 0 Å². The fourth-order valence-electron chi connectivity index (χ4n) is 3.57. The van der Waals surface area contributed by atoms with Gasteiger partial charge in [-0.2, -0.15) is 0 Å². The van der Waals surface area contributed by atoms with Crippen molar-refractivity contribution in [3.05, 3.63) is 65.7 Å². The molecule has 1 saturated heterocycles. The number of nitrogen functional groups attached to an aromatic ring is 1. The van der Waals surface area contributed by atoms with Gasteiger partial charge in [-0.25, -0.2) is 0 Å². The van der Waals surface area contributed by atoms with Gasteiger partial charge in [-0.1, -0.05) is 36.4 Å². The third-order valence-corrected chi connectivity index (χ3v) is 4.90. The van der Waals surface area contributed by atoms with Crippen LogP contribution in [-0.4, -0.2) is 42.4 Å². The number of piperidine rings is 1. The summed E-state index contributed by atoms with van der Waals surface area (Å²) in [5.41, 5.74) is 8.47. The molecule has 132 valence electrons. The Bertz CT molecular complexity index is 693. The third-order valence-electron chi connectivity index (χ3n) is 4.90. The van der Waals surface area contributed by atoms with Crippen LogP contribution in [0.4, 0.5) is 5.69 Å². The first-order valence-corrected chi connectivity index (χ1v) is 8.99. The predicted octanol–water partition coefficient (Wildman–Crippen LogP) is 3.25. The summed E-state index contributed by atoms with van der Waals surface area (Å²) in [6.45, 7) is 3.72. The molecule has 1 aliphatic heterocycles. The highest BCUT2D eigenvalue weighted by Crippen LogP contribution is 2.21. The highest BCUT2D eigenvalue weighted by atomic mass is 16.2. The smallest absolute Gasteiger partial charge is 0.253 e. The van der Waals surface area contributed by atoms with Gasteiger partial charge in [0.1, 0.15) is 0 Å². The van der Waals surface area contributed by atoms with Crippen molar-refractivity contribution >= 4 is 11.6 Å². The number of carbonyl (C=O) groups excluding carboxylic acids is 1. The molecule has 0 saturated carbocycles. The number of nitrogens with two attached hydrogens (primary N) is 1. The van der Waals surface area contributed by atoms with E-state index in [2.05, 4.69) is 42.3 Å². The standard InChI is InChI=1S/C21H27N3O/c1-23(15-17-6-3-2-4-7-17)16-18-10-12-24(13-11-18)21(25)19-8-5-9-20(22)14-19/h2-9,14,18H,10-13,15-16,22H2,1H3. The molecule has 0 aliphatic carbocycles. The Balaban J connectivity index is 1.47. The second-order valence-electron chi connectivity index (χ2n) is 7.04. The molecule has 1 fully saturated rings. The zero-order chi connectivity index (χ0) is 17.6. The molecule has 0 atom stereocenters. The van der Waals surface area contributed by atoms with Gasteiger partial charge < -0.3 is 15.5 Å². The first kappa shape index (κ1) is 17.5. The minimum absolute atomic E-state index is 0.100. The van der Waals surface area contributed by atoms with E-state index in [0.717, 1.165) is 39.0 Å². The summed E-state index contributed by atoms with van der Waals surface area (Å²) < 4.78 is 0. The monoisotopic (exact) mass is 337 g/mol. The van der Waals surface area contributed by atoms with Gasteiger partial charge in [-0.05, 0) is 49.6 Å². The molecule has 0 bridgehead atoms. The number of benzene rings is 2. The van der Waals surface area contributed by atoms with Crippen molar-refractivity contribution in [2.45, 2.75) is 19.4 Å². The molecule has 0 spiro atoms. The fourth-order valence-corrected chi connectivity index (χ4v) is 3.57. The Labute approximate surface area is 150 Å². The maximum atomic E-state index is 12.6. The minimum Gasteiger partial charge on any atom is -0.399 e. The first-order valence-electron chi connectivity index (χ1n) is 8.99. The highest BCUT2D eigenvalue weighted by molar-refractivity contribution is 5.95. The average molecular weight is 337 g/mol. The summed E-state index contributed by atoms with van der Waals surface area (Å²) in [4.78, 5) is 16.9. The summed E-state index contributed by atoms with van der Waals surface area (Å²) >= 11 is 0. The van der Waals surface area contributed by atoms with Crippen LogP contribution < -0.4 is 5.73 Å². The van der Waals surface area contributed by atoms with Gasteiger partial charge in [0.25, 0.3) is 5.91 Å². The molecule has 1 heterocycles. The first-order chi connectivity index (χ1) is 12.1. The molecular formula is C21H27N3O. The summed E-state index contributed by atoms with van der Waals surface area (Å²) in [5, 5.41) is 0. The van der Waals surface area contributed by atoms with Crippen molar-refractivity contribution in [3.63, 3.8) is 0 Å². The molecule has 1 amide bonds.